The summed E-state index contributed by atoms with van der Waals surface area (Å²) in [6, 6.07) is 1.83. The van der Waals surface area contributed by atoms with Crippen molar-refractivity contribution in [2.75, 3.05) is 6.61 Å². The van der Waals surface area contributed by atoms with Crippen molar-refractivity contribution in [1.29, 1.82) is 0 Å². The summed E-state index contributed by atoms with van der Waals surface area (Å²) in [5.74, 6) is 2.23. The van der Waals surface area contributed by atoms with E-state index in [1.54, 1.807) is 12.4 Å². The molecular weight excluding hydrogens is 340 g/mol. The molecule has 27 heavy (non-hydrogen) atoms. The molecule has 3 heterocycles. The van der Waals surface area contributed by atoms with Crippen molar-refractivity contribution >= 4 is 17.2 Å². The van der Waals surface area contributed by atoms with Crippen LogP contribution in [-0.4, -0.2) is 27.5 Å². The molecule has 0 aromatic carbocycles. The molecule has 6 nitrogen and oxygen atoms in total. The molecule has 3 rings (SSSR count). The van der Waals surface area contributed by atoms with Crippen molar-refractivity contribution in [2.45, 2.75) is 39.5 Å². The van der Waals surface area contributed by atoms with Gasteiger partial charge in [-0.15, -0.1) is 6.42 Å². The summed E-state index contributed by atoms with van der Waals surface area (Å²) in [4.78, 5) is 29.7. The first kappa shape index (κ1) is 18.7. The summed E-state index contributed by atoms with van der Waals surface area (Å²) in [6.07, 6.45) is 14.6. The highest BCUT2D eigenvalue weighted by Crippen LogP contribution is 2.28. The first-order valence-electron chi connectivity index (χ1n) is 9.21. The SMILES string of the molecule is C#C/C(C(=O)OCC(CC)CCCC)=c1\ncnc2c1=Nc1cnccc1-2. The Hall–Kier alpha value is -3.07. The number of ether oxygens (including phenoxy) is 1. The average Bonchev–Trinajstić information content (AvgIpc) is 3.08. The van der Waals surface area contributed by atoms with Gasteiger partial charge in [-0.25, -0.2) is 19.8 Å². The summed E-state index contributed by atoms with van der Waals surface area (Å²) >= 11 is 0. The van der Waals surface area contributed by atoms with Crippen molar-refractivity contribution in [3.8, 4) is 23.6 Å². The molecule has 1 aliphatic rings. The fourth-order valence-electron chi connectivity index (χ4n) is 3.05. The van der Waals surface area contributed by atoms with E-state index in [-0.39, 0.29) is 5.57 Å². The lowest BCUT2D eigenvalue weighted by Gasteiger charge is -2.14. The van der Waals surface area contributed by atoms with E-state index in [2.05, 4.69) is 39.7 Å². The third-order valence-corrected chi connectivity index (χ3v) is 4.69. The van der Waals surface area contributed by atoms with Crippen molar-refractivity contribution in [3.05, 3.63) is 35.5 Å². The molecule has 0 aliphatic carbocycles. The number of terminal acetylenes is 1. The second kappa shape index (κ2) is 8.54. The second-order valence-corrected chi connectivity index (χ2v) is 6.46. The van der Waals surface area contributed by atoms with Crippen LogP contribution in [0.5, 0.6) is 0 Å². The van der Waals surface area contributed by atoms with Crippen LogP contribution in [0.15, 0.2) is 29.8 Å². The summed E-state index contributed by atoms with van der Waals surface area (Å²) in [5, 5.41) is 0.814. The van der Waals surface area contributed by atoms with Gasteiger partial charge in [0, 0.05) is 11.8 Å². The normalized spacial score (nSPS) is 13.7. The maximum Gasteiger partial charge on any atom is 0.349 e. The van der Waals surface area contributed by atoms with E-state index < -0.39 is 5.97 Å². The largest absolute Gasteiger partial charge is 0.461 e. The summed E-state index contributed by atoms with van der Waals surface area (Å²) in [5.41, 5.74) is 2.25. The van der Waals surface area contributed by atoms with E-state index in [9.17, 15) is 4.79 Å². The van der Waals surface area contributed by atoms with Crippen LogP contribution >= 0.6 is 0 Å². The predicted octanol–water partition coefficient (Wildman–Crippen LogP) is 2.35. The van der Waals surface area contributed by atoms with Gasteiger partial charge in [0.2, 0.25) is 0 Å². The van der Waals surface area contributed by atoms with Crippen molar-refractivity contribution in [1.82, 2.24) is 15.0 Å². The Morgan fingerprint density at radius 1 is 1.33 bits per heavy atom. The van der Waals surface area contributed by atoms with Crippen molar-refractivity contribution < 1.29 is 9.53 Å². The minimum Gasteiger partial charge on any atom is -0.461 e. The third-order valence-electron chi connectivity index (χ3n) is 4.69. The maximum absolute atomic E-state index is 12.6. The smallest absolute Gasteiger partial charge is 0.349 e. The molecule has 0 saturated carbocycles. The minimum absolute atomic E-state index is 0.0727. The van der Waals surface area contributed by atoms with Gasteiger partial charge in [-0.2, -0.15) is 0 Å². The van der Waals surface area contributed by atoms with E-state index >= 15 is 0 Å². The molecule has 138 valence electrons. The number of pyridine rings is 1. The maximum atomic E-state index is 12.6. The molecule has 1 atom stereocenters. The molecule has 0 spiro atoms. The Labute approximate surface area is 158 Å². The fourth-order valence-corrected chi connectivity index (χ4v) is 3.05. The van der Waals surface area contributed by atoms with E-state index in [1.807, 2.05) is 6.07 Å². The molecule has 0 bridgehead atoms. The number of hydrogen-bond acceptors (Lipinski definition) is 6. The number of hydrogen-bond donors (Lipinski definition) is 0. The molecule has 0 saturated heterocycles. The van der Waals surface area contributed by atoms with Gasteiger partial charge in [0.1, 0.15) is 28.3 Å². The Bertz CT molecular complexity index is 1010. The quantitative estimate of drug-likeness (QED) is 0.476. The topological polar surface area (TPSA) is 77.3 Å². The highest BCUT2D eigenvalue weighted by Gasteiger charge is 2.20. The highest BCUT2D eigenvalue weighted by molar-refractivity contribution is 6.15. The van der Waals surface area contributed by atoms with Crippen LogP contribution < -0.4 is 10.7 Å². The van der Waals surface area contributed by atoms with Crippen LogP contribution in [0.3, 0.4) is 0 Å². The predicted molar refractivity (Wildman–Crippen MR) is 102 cm³/mol. The van der Waals surface area contributed by atoms with Gasteiger partial charge >= 0.3 is 5.97 Å². The first-order valence-corrected chi connectivity index (χ1v) is 9.21. The Morgan fingerprint density at radius 3 is 2.93 bits per heavy atom. The minimum atomic E-state index is -0.544. The van der Waals surface area contributed by atoms with Crippen molar-refractivity contribution in [3.63, 3.8) is 0 Å². The highest BCUT2D eigenvalue weighted by atomic mass is 16.5. The van der Waals surface area contributed by atoms with Crippen molar-refractivity contribution in [2.24, 2.45) is 10.9 Å². The zero-order valence-corrected chi connectivity index (χ0v) is 15.6. The van der Waals surface area contributed by atoms with Gasteiger partial charge in [0.25, 0.3) is 0 Å². The number of fused-ring (bicyclic) bond motifs is 3. The molecule has 1 unspecified atom stereocenters. The molecule has 0 radical (unpaired) electrons. The Balaban J connectivity index is 1.93. The molecular formula is C21H22N4O2. The molecule has 2 aromatic rings. The van der Waals surface area contributed by atoms with Gasteiger partial charge in [-0.05, 0) is 18.4 Å². The zero-order valence-electron chi connectivity index (χ0n) is 15.6. The Morgan fingerprint density at radius 2 is 2.19 bits per heavy atom. The monoisotopic (exact) mass is 362 g/mol. The number of esters is 1. The van der Waals surface area contributed by atoms with Crippen LogP contribution in [0.2, 0.25) is 0 Å². The number of carbonyl (C=O) groups is 1. The zero-order chi connectivity index (χ0) is 19.2. The van der Waals surface area contributed by atoms with E-state index in [1.165, 1.54) is 6.33 Å². The average molecular weight is 362 g/mol. The number of nitrogens with zero attached hydrogens (tertiary/aromatic N) is 4. The molecule has 0 N–H and O–H groups in total. The van der Waals surface area contributed by atoms with E-state index in [0.29, 0.717) is 34.6 Å². The van der Waals surface area contributed by atoms with E-state index in [4.69, 9.17) is 11.2 Å². The summed E-state index contributed by atoms with van der Waals surface area (Å²) in [6.45, 7) is 4.60. The standard InChI is InChI=1S/C21H22N4O2/c1-4-7-8-14(5-2)12-27-21(26)15(6-3)18-20-19(24-13-23-18)16-9-10-22-11-17(16)25-20/h3,9-11,13-14H,4-5,7-8,12H2,1-2H3/b18-15+. The Kier molecular flexibility index (Phi) is 5.92. The van der Waals surface area contributed by atoms with Crippen LogP contribution in [0.1, 0.15) is 39.5 Å². The summed E-state index contributed by atoms with van der Waals surface area (Å²) in [7, 11) is 0. The van der Waals surface area contributed by atoms with Crippen LogP contribution in [0, 0.1) is 18.3 Å². The lowest BCUT2D eigenvalue weighted by molar-refractivity contribution is -0.138. The third kappa shape index (κ3) is 3.87. The van der Waals surface area contributed by atoms with E-state index in [0.717, 1.165) is 31.2 Å². The van der Waals surface area contributed by atoms with Crippen LogP contribution in [0.4, 0.5) is 5.69 Å². The molecule has 0 fully saturated rings. The number of unbranched alkanes of at least 4 members (excludes halogenated alkanes) is 1. The molecule has 6 heteroatoms. The van der Waals surface area contributed by atoms with Gasteiger partial charge in [0.05, 0.1) is 18.5 Å². The lowest BCUT2D eigenvalue weighted by atomic mass is 10.0. The number of carbonyl (C=O) groups excluding carboxylic acids is 1. The fraction of sp³-hybridized carbons (Fsp3) is 0.381. The number of aromatic nitrogens is 3. The molecule has 0 amide bonds. The second-order valence-electron chi connectivity index (χ2n) is 6.46. The van der Waals surface area contributed by atoms with Gasteiger partial charge in [0.15, 0.2) is 0 Å². The van der Waals surface area contributed by atoms with Gasteiger partial charge in [-0.3, -0.25) is 4.98 Å². The summed E-state index contributed by atoms with van der Waals surface area (Å²) < 4.78 is 5.50. The lowest BCUT2D eigenvalue weighted by Crippen LogP contribution is -2.34. The van der Waals surface area contributed by atoms with Crippen LogP contribution in [0.25, 0.3) is 16.8 Å². The molecule has 2 aromatic heterocycles. The van der Waals surface area contributed by atoms with Gasteiger partial charge in [-0.1, -0.05) is 39.0 Å². The molecule has 1 aliphatic heterocycles. The first-order chi connectivity index (χ1) is 13.2. The van der Waals surface area contributed by atoms with Gasteiger partial charge < -0.3 is 4.74 Å². The number of rotatable bonds is 7. The van der Waals surface area contributed by atoms with Crippen LogP contribution in [-0.2, 0) is 9.53 Å².